The summed E-state index contributed by atoms with van der Waals surface area (Å²) in [7, 11) is 1.69. The lowest BCUT2D eigenvalue weighted by molar-refractivity contribution is 1.14. The van der Waals surface area contributed by atoms with Gasteiger partial charge in [0, 0.05) is 7.05 Å². The van der Waals surface area contributed by atoms with Crippen molar-refractivity contribution in [2.45, 2.75) is 6.92 Å². The maximum atomic E-state index is 5.64. The predicted molar refractivity (Wildman–Crippen MR) is 52.3 cm³/mol. The quantitative estimate of drug-likeness (QED) is 0.309. The van der Waals surface area contributed by atoms with Gasteiger partial charge in [0.05, 0.1) is 5.69 Å². The van der Waals surface area contributed by atoms with E-state index in [9.17, 15) is 0 Å². The Morgan fingerprint density at radius 2 is 1.92 bits per heavy atom. The first kappa shape index (κ1) is 8.74. The molecule has 0 bridgehead atoms. The molecule has 3 nitrogen and oxygen atoms in total. The highest BCUT2D eigenvalue weighted by atomic mass is 15.4. The van der Waals surface area contributed by atoms with Gasteiger partial charge in [0.15, 0.2) is 0 Å². The molecule has 1 rings (SSSR count). The predicted octanol–water partition coefficient (Wildman–Crippen LogP) is 1.33. The number of anilines is 1. The van der Waals surface area contributed by atoms with Crippen molar-refractivity contribution < 1.29 is 0 Å². The molecule has 0 aliphatic rings. The number of rotatable bonds is 2. The third kappa shape index (κ3) is 2.07. The summed E-state index contributed by atoms with van der Waals surface area (Å²) >= 11 is 0. The van der Waals surface area contributed by atoms with Crippen molar-refractivity contribution in [1.29, 1.82) is 0 Å². The molecule has 0 unspecified atom stereocenters. The number of benzene rings is 1. The molecule has 0 aliphatic carbocycles. The lowest BCUT2D eigenvalue weighted by Crippen LogP contribution is -2.28. The highest BCUT2D eigenvalue weighted by molar-refractivity contribution is 5.77. The molecular formula is C9H13N3. The molecule has 0 atom stereocenters. The second-order valence-corrected chi connectivity index (χ2v) is 2.62. The monoisotopic (exact) mass is 163 g/mol. The van der Waals surface area contributed by atoms with Crippen LogP contribution in [0.5, 0.6) is 0 Å². The van der Waals surface area contributed by atoms with Gasteiger partial charge >= 0.3 is 0 Å². The molecule has 0 aromatic heterocycles. The van der Waals surface area contributed by atoms with Crippen LogP contribution in [0.4, 0.5) is 5.69 Å². The summed E-state index contributed by atoms with van der Waals surface area (Å²) in [6, 6.07) is 7.94. The van der Waals surface area contributed by atoms with Gasteiger partial charge in [-0.2, -0.15) is 0 Å². The number of aliphatic imine (C=N–C) groups is 1. The standard InChI is InChI=1S/C9H13N3/c1-8-3-5-9(6-4-8)12(10)7-11-2/h3-7H,10H2,1-2H3. The molecule has 0 radical (unpaired) electrons. The van der Waals surface area contributed by atoms with Gasteiger partial charge in [0.1, 0.15) is 6.34 Å². The van der Waals surface area contributed by atoms with E-state index in [4.69, 9.17) is 5.84 Å². The summed E-state index contributed by atoms with van der Waals surface area (Å²) in [5.74, 6) is 5.64. The van der Waals surface area contributed by atoms with Crippen molar-refractivity contribution in [2.75, 3.05) is 12.1 Å². The molecular weight excluding hydrogens is 150 g/mol. The first-order valence-electron chi connectivity index (χ1n) is 3.77. The van der Waals surface area contributed by atoms with Gasteiger partial charge in [0.25, 0.3) is 0 Å². The molecule has 0 fully saturated rings. The van der Waals surface area contributed by atoms with Gasteiger partial charge < -0.3 is 0 Å². The van der Waals surface area contributed by atoms with Crippen molar-refractivity contribution >= 4 is 12.0 Å². The summed E-state index contributed by atoms with van der Waals surface area (Å²) in [5, 5.41) is 1.49. The van der Waals surface area contributed by atoms with Gasteiger partial charge in [-0.15, -0.1) is 0 Å². The first-order chi connectivity index (χ1) is 5.74. The second-order valence-electron chi connectivity index (χ2n) is 2.62. The zero-order valence-electron chi connectivity index (χ0n) is 7.36. The van der Waals surface area contributed by atoms with Crippen LogP contribution < -0.4 is 10.9 Å². The van der Waals surface area contributed by atoms with Crippen LogP contribution in [-0.2, 0) is 0 Å². The van der Waals surface area contributed by atoms with Gasteiger partial charge in [-0.3, -0.25) is 10.0 Å². The van der Waals surface area contributed by atoms with Crippen LogP contribution in [0.25, 0.3) is 0 Å². The van der Waals surface area contributed by atoms with E-state index in [1.807, 2.05) is 31.2 Å². The summed E-state index contributed by atoms with van der Waals surface area (Å²) in [4.78, 5) is 3.81. The van der Waals surface area contributed by atoms with Crippen molar-refractivity contribution in [2.24, 2.45) is 10.8 Å². The van der Waals surface area contributed by atoms with Crippen molar-refractivity contribution in [3.05, 3.63) is 29.8 Å². The third-order valence-corrected chi connectivity index (χ3v) is 1.57. The smallest absolute Gasteiger partial charge is 0.104 e. The molecule has 0 heterocycles. The van der Waals surface area contributed by atoms with Crippen molar-refractivity contribution in [3.63, 3.8) is 0 Å². The minimum absolute atomic E-state index is 0.936. The van der Waals surface area contributed by atoms with E-state index < -0.39 is 0 Å². The lowest BCUT2D eigenvalue weighted by atomic mass is 10.2. The van der Waals surface area contributed by atoms with Crippen molar-refractivity contribution in [3.8, 4) is 0 Å². The summed E-state index contributed by atoms with van der Waals surface area (Å²) in [5.41, 5.74) is 2.16. The zero-order valence-corrected chi connectivity index (χ0v) is 7.36. The third-order valence-electron chi connectivity index (χ3n) is 1.57. The van der Waals surface area contributed by atoms with Gasteiger partial charge in [-0.1, -0.05) is 17.7 Å². The highest BCUT2D eigenvalue weighted by Crippen LogP contribution is 2.10. The first-order valence-corrected chi connectivity index (χ1v) is 3.77. The largest absolute Gasteiger partial charge is 0.277 e. The Morgan fingerprint density at radius 1 is 1.33 bits per heavy atom. The van der Waals surface area contributed by atoms with Crippen LogP contribution in [0.3, 0.4) is 0 Å². The van der Waals surface area contributed by atoms with Crippen LogP contribution in [-0.4, -0.2) is 13.4 Å². The molecule has 0 spiro atoms. The van der Waals surface area contributed by atoms with Crippen LogP contribution in [0.1, 0.15) is 5.56 Å². The zero-order chi connectivity index (χ0) is 8.97. The number of aryl methyl sites for hydroxylation is 1. The number of hydrazine groups is 1. The molecule has 12 heavy (non-hydrogen) atoms. The Kier molecular flexibility index (Phi) is 2.82. The summed E-state index contributed by atoms with van der Waals surface area (Å²) in [6.45, 7) is 2.04. The van der Waals surface area contributed by atoms with Crippen LogP contribution in [0, 0.1) is 6.92 Å². The topological polar surface area (TPSA) is 41.6 Å². The average Bonchev–Trinajstić information content (AvgIpc) is 2.06. The Hall–Kier alpha value is -1.35. The average molecular weight is 163 g/mol. The van der Waals surface area contributed by atoms with Gasteiger partial charge in [-0.25, -0.2) is 5.84 Å². The second kappa shape index (κ2) is 3.88. The number of hydrogen-bond donors (Lipinski definition) is 1. The molecule has 2 N–H and O–H groups in total. The Bertz CT molecular complexity index is 264. The SMILES string of the molecule is CN=CN(N)c1ccc(C)cc1. The fraction of sp³-hybridized carbons (Fsp3) is 0.222. The Labute approximate surface area is 72.5 Å². The van der Waals surface area contributed by atoms with E-state index in [1.165, 1.54) is 10.6 Å². The van der Waals surface area contributed by atoms with E-state index in [-0.39, 0.29) is 0 Å². The molecule has 0 saturated carbocycles. The van der Waals surface area contributed by atoms with Crippen molar-refractivity contribution in [1.82, 2.24) is 0 Å². The molecule has 64 valence electrons. The van der Waals surface area contributed by atoms with Crippen LogP contribution in [0.2, 0.25) is 0 Å². The van der Waals surface area contributed by atoms with Crippen LogP contribution in [0.15, 0.2) is 29.3 Å². The maximum Gasteiger partial charge on any atom is 0.104 e. The van der Waals surface area contributed by atoms with Crippen LogP contribution >= 0.6 is 0 Å². The molecule has 0 saturated heterocycles. The molecule has 1 aromatic rings. The summed E-state index contributed by atoms with van der Waals surface area (Å²) < 4.78 is 0. The van der Waals surface area contributed by atoms with E-state index in [0.717, 1.165) is 5.69 Å². The fourth-order valence-corrected chi connectivity index (χ4v) is 0.908. The maximum absolute atomic E-state index is 5.64. The van der Waals surface area contributed by atoms with E-state index >= 15 is 0 Å². The minimum Gasteiger partial charge on any atom is -0.277 e. The van der Waals surface area contributed by atoms with Gasteiger partial charge in [0.2, 0.25) is 0 Å². The number of hydrogen-bond acceptors (Lipinski definition) is 2. The molecule has 3 heteroatoms. The minimum atomic E-state index is 0.936. The van der Waals surface area contributed by atoms with E-state index in [1.54, 1.807) is 13.4 Å². The van der Waals surface area contributed by atoms with E-state index in [2.05, 4.69) is 4.99 Å². The summed E-state index contributed by atoms with van der Waals surface area (Å²) in [6.07, 6.45) is 1.57. The molecule has 0 amide bonds. The highest BCUT2D eigenvalue weighted by Gasteiger charge is 1.95. The van der Waals surface area contributed by atoms with Gasteiger partial charge in [-0.05, 0) is 19.1 Å². The number of nitrogens with zero attached hydrogens (tertiary/aromatic N) is 2. The molecule has 1 aromatic carbocycles. The fourth-order valence-electron chi connectivity index (χ4n) is 0.908. The molecule has 0 aliphatic heterocycles. The van der Waals surface area contributed by atoms with E-state index in [0.29, 0.717) is 0 Å². The normalized spacial score (nSPS) is 10.6. The number of nitrogens with two attached hydrogens (primary N) is 1. The lowest BCUT2D eigenvalue weighted by Gasteiger charge is -2.11. The Morgan fingerprint density at radius 3 is 2.42 bits per heavy atom. The Balaban J connectivity index is 2.82.